The average molecular weight is 481 g/mol. The van der Waals surface area contributed by atoms with Crippen LogP contribution >= 0.6 is 0 Å². The molecule has 0 radical (unpaired) electrons. The van der Waals surface area contributed by atoms with Crippen LogP contribution in [0.15, 0.2) is 29.2 Å². The Morgan fingerprint density at radius 2 is 1.97 bits per heavy atom. The molecule has 2 heterocycles. The standard InChI is InChI=1S/C23H36N4O5S/c1-3-6-18(2)24-23(29)19-7-5-10-26(16-19)17-22(28)25-20-8-4-9-21(15-20)33(30,31)27-11-13-32-14-12-27/h4,8-9,15,18-19H,3,5-7,10-14,16-17H2,1-2H3,(H,24,29)(H,25,28). The average Bonchev–Trinajstić information content (AvgIpc) is 2.80. The Bertz CT molecular complexity index is 917. The van der Waals surface area contributed by atoms with Gasteiger partial charge in [-0.15, -0.1) is 0 Å². The van der Waals surface area contributed by atoms with E-state index in [2.05, 4.69) is 17.6 Å². The Morgan fingerprint density at radius 1 is 1.21 bits per heavy atom. The van der Waals surface area contributed by atoms with Gasteiger partial charge in [-0.05, 0) is 50.9 Å². The van der Waals surface area contributed by atoms with Gasteiger partial charge in [0.15, 0.2) is 0 Å². The number of nitrogens with one attached hydrogen (secondary N) is 2. The van der Waals surface area contributed by atoms with Crippen LogP contribution < -0.4 is 10.6 Å². The highest BCUT2D eigenvalue weighted by Crippen LogP contribution is 2.21. The summed E-state index contributed by atoms with van der Waals surface area (Å²) in [6.07, 6.45) is 3.66. The van der Waals surface area contributed by atoms with E-state index in [1.807, 2.05) is 11.8 Å². The van der Waals surface area contributed by atoms with Gasteiger partial charge in [-0.2, -0.15) is 4.31 Å². The summed E-state index contributed by atoms with van der Waals surface area (Å²) in [5, 5.41) is 5.89. The fourth-order valence-corrected chi connectivity index (χ4v) is 5.81. The van der Waals surface area contributed by atoms with E-state index in [0.717, 1.165) is 32.2 Å². The predicted octanol–water partition coefficient (Wildman–Crippen LogP) is 1.66. The van der Waals surface area contributed by atoms with Gasteiger partial charge < -0.3 is 15.4 Å². The highest BCUT2D eigenvalue weighted by atomic mass is 32.2. The van der Waals surface area contributed by atoms with Crippen LogP contribution in [0.3, 0.4) is 0 Å². The molecule has 2 N–H and O–H groups in total. The number of rotatable bonds is 9. The third kappa shape index (κ3) is 7.23. The van der Waals surface area contributed by atoms with Gasteiger partial charge in [-0.25, -0.2) is 8.42 Å². The lowest BCUT2D eigenvalue weighted by molar-refractivity contribution is -0.128. The van der Waals surface area contributed by atoms with Crippen LogP contribution in [-0.2, 0) is 24.3 Å². The van der Waals surface area contributed by atoms with Gasteiger partial charge in [0.05, 0.1) is 30.6 Å². The fraction of sp³-hybridized carbons (Fsp3) is 0.652. The maximum atomic E-state index is 12.9. The summed E-state index contributed by atoms with van der Waals surface area (Å²) < 4.78 is 32.4. The van der Waals surface area contributed by atoms with Gasteiger partial charge in [0.25, 0.3) is 0 Å². The normalized spacial score (nSPS) is 21.3. The monoisotopic (exact) mass is 480 g/mol. The lowest BCUT2D eigenvalue weighted by atomic mass is 9.96. The molecular weight excluding hydrogens is 444 g/mol. The number of sulfonamides is 1. The zero-order valence-electron chi connectivity index (χ0n) is 19.6. The van der Waals surface area contributed by atoms with Crippen LogP contribution in [0.25, 0.3) is 0 Å². The Kier molecular flexibility index (Phi) is 9.25. The topological polar surface area (TPSA) is 108 Å². The number of carbonyl (C=O) groups is 2. The molecule has 184 valence electrons. The summed E-state index contributed by atoms with van der Waals surface area (Å²) in [6, 6.07) is 6.49. The van der Waals surface area contributed by atoms with E-state index < -0.39 is 10.0 Å². The van der Waals surface area contributed by atoms with Gasteiger partial charge >= 0.3 is 0 Å². The smallest absolute Gasteiger partial charge is 0.243 e. The number of morpholine rings is 1. The number of hydrogen-bond donors (Lipinski definition) is 2. The van der Waals surface area contributed by atoms with Crippen molar-refractivity contribution in [3.63, 3.8) is 0 Å². The molecular formula is C23H36N4O5S. The summed E-state index contributed by atoms with van der Waals surface area (Å²) in [5.41, 5.74) is 0.439. The first-order chi connectivity index (χ1) is 15.8. The Balaban J connectivity index is 1.55. The molecule has 2 fully saturated rings. The SMILES string of the molecule is CCCC(C)NC(=O)C1CCCN(CC(=O)Nc2cccc(S(=O)(=O)N3CCOCC3)c2)C1. The second-order valence-electron chi connectivity index (χ2n) is 8.87. The Hall–Kier alpha value is -2.01. The highest BCUT2D eigenvalue weighted by Gasteiger charge is 2.28. The molecule has 2 aliphatic rings. The van der Waals surface area contributed by atoms with Gasteiger partial charge in [-0.3, -0.25) is 14.5 Å². The van der Waals surface area contributed by atoms with Crippen LogP contribution in [0.1, 0.15) is 39.5 Å². The van der Waals surface area contributed by atoms with Gasteiger partial charge in [0, 0.05) is 31.4 Å². The molecule has 0 saturated carbocycles. The van der Waals surface area contributed by atoms with Crippen molar-refractivity contribution in [1.29, 1.82) is 0 Å². The molecule has 1 aromatic carbocycles. The van der Waals surface area contributed by atoms with Crippen LogP contribution in [0.4, 0.5) is 5.69 Å². The number of nitrogens with zero attached hydrogens (tertiary/aromatic N) is 2. The molecule has 1 aromatic rings. The van der Waals surface area contributed by atoms with E-state index in [1.54, 1.807) is 12.1 Å². The Labute approximate surface area is 196 Å². The molecule has 2 aliphatic heterocycles. The number of likely N-dealkylation sites (tertiary alicyclic amines) is 1. The number of amides is 2. The van der Waals surface area contributed by atoms with E-state index in [9.17, 15) is 18.0 Å². The molecule has 0 spiro atoms. The molecule has 33 heavy (non-hydrogen) atoms. The van der Waals surface area contributed by atoms with E-state index >= 15 is 0 Å². The number of ether oxygens (including phenoxy) is 1. The summed E-state index contributed by atoms with van der Waals surface area (Å²) in [6.45, 7) is 6.97. The zero-order valence-corrected chi connectivity index (χ0v) is 20.4. The van der Waals surface area contributed by atoms with Crippen molar-refractivity contribution >= 4 is 27.5 Å². The molecule has 0 bridgehead atoms. The predicted molar refractivity (Wildman–Crippen MR) is 126 cm³/mol. The van der Waals surface area contributed by atoms with E-state index in [4.69, 9.17) is 4.74 Å². The third-order valence-corrected chi connectivity index (χ3v) is 7.97. The number of carbonyl (C=O) groups excluding carboxylic acids is 2. The minimum absolute atomic E-state index is 0.0575. The summed E-state index contributed by atoms with van der Waals surface area (Å²) >= 11 is 0. The van der Waals surface area contributed by atoms with Crippen LogP contribution in [0.5, 0.6) is 0 Å². The molecule has 2 saturated heterocycles. The van der Waals surface area contributed by atoms with Crippen molar-refractivity contribution in [3.05, 3.63) is 24.3 Å². The lowest BCUT2D eigenvalue weighted by Crippen LogP contribution is -2.47. The maximum absolute atomic E-state index is 12.9. The van der Waals surface area contributed by atoms with Crippen molar-refractivity contribution < 1.29 is 22.7 Å². The molecule has 2 unspecified atom stereocenters. The van der Waals surface area contributed by atoms with Crippen LogP contribution in [-0.4, -0.2) is 81.4 Å². The molecule has 0 aliphatic carbocycles. The second kappa shape index (κ2) is 11.9. The number of anilines is 1. The molecule has 10 heteroatoms. The summed E-state index contributed by atoms with van der Waals surface area (Å²) in [4.78, 5) is 27.4. The number of hydrogen-bond acceptors (Lipinski definition) is 6. The van der Waals surface area contributed by atoms with Gasteiger partial charge in [0.1, 0.15) is 0 Å². The first-order valence-electron chi connectivity index (χ1n) is 11.8. The molecule has 3 rings (SSSR count). The molecule has 2 amide bonds. The summed E-state index contributed by atoms with van der Waals surface area (Å²) in [5.74, 6) is -0.286. The van der Waals surface area contributed by atoms with Crippen LogP contribution in [0, 0.1) is 5.92 Å². The summed E-state index contributed by atoms with van der Waals surface area (Å²) in [7, 11) is -3.63. The van der Waals surface area contributed by atoms with Crippen LogP contribution in [0.2, 0.25) is 0 Å². The number of benzene rings is 1. The highest BCUT2D eigenvalue weighted by molar-refractivity contribution is 7.89. The van der Waals surface area contributed by atoms with Gasteiger partial charge in [-0.1, -0.05) is 19.4 Å². The number of piperidine rings is 1. The van der Waals surface area contributed by atoms with E-state index in [1.165, 1.54) is 16.4 Å². The molecule has 2 atom stereocenters. The largest absolute Gasteiger partial charge is 0.379 e. The van der Waals surface area contributed by atoms with Crippen molar-refractivity contribution in [1.82, 2.24) is 14.5 Å². The minimum Gasteiger partial charge on any atom is -0.379 e. The van der Waals surface area contributed by atoms with E-state index in [-0.39, 0.29) is 35.2 Å². The Morgan fingerprint density at radius 3 is 2.70 bits per heavy atom. The van der Waals surface area contributed by atoms with Crippen molar-refractivity contribution in [2.75, 3.05) is 51.3 Å². The first kappa shape index (κ1) is 25.6. The molecule has 9 nitrogen and oxygen atoms in total. The minimum atomic E-state index is -3.63. The van der Waals surface area contributed by atoms with E-state index in [0.29, 0.717) is 38.5 Å². The maximum Gasteiger partial charge on any atom is 0.243 e. The van der Waals surface area contributed by atoms with Gasteiger partial charge in [0.2, 0.25) is 21.8 Å². The fourth-order valence-electron chi connectivity index (χ4n) is 4.35. The van der Waals surface area contributed by atoms with Crippen molar-refractivity contribution in [2.45, 2.75) is 50.5 Å². The molecule has 0 aromatic heterocycles. The lowest BCUT2D eigenvalue weighted by Gasteiger charge is -2.32. The third-order valence-electron chi connectivity index (χ3n) is 6.08. The van der Waals surface area contributed by atoms with Crippen molar-refractivity contribution in [3.8, 4) is 0 Å². The second-order valence-corrected chi connectivity index (χ2v) is 10.8. The zero-order chi connectivity index (χ0) is 23.8. The first-order valence-corrected chi connectivity index (χ1v) is 13.2. The quantitative estimate of drug-likeness (QED) is 0.557. The van der Waals surface area contributed by atoms with Crippen molar-refractivity contribution in [2.24, 2.45) is 5.92 Å².